The van der Waals surface area contributed by atoms with Gasteiger partial charge in [-0.2, -0.15) is 0 Å². The molecule has 6 heteroatoms. The highest BCUT2D eigenvalue weighted by Gasteiger charge is 2.35. The van der Waals surface area contributed by atoms with E-state index in [0.717, 1.165) is 19.4 Å². The molecule has 0 saturated carbocycles. The summed E-state index contributed by atoms with van der Waals surface area (Å²) < 4.78 is 5.48. The molecule has 0 spiro atoms. The summed E-state index contributed by atoms with van der Waals surface area (Å²) in [6, 6.07) is -0.0991. The second kappa shape index (κ2) is 4.91. The predicted molar refractivity (Wildman–Crippen MR) is 59.7 cm³/mol. The molecule has 0 aromatic carbocycles. The Balaban J connectivity index is 1.97. The van der Waals surface area contributed by atoms with Gasteiger partial charge in [-0.15, -0.1) is 0 Å². The Morgan fingerprint density at radius 2 is 2.29 bits per heavy atom. The Labute approximate surface area is 100 Å². The molecule has 1 N–H and O–H groups in total. The number of carboxylic acid groups (broad SMARTS) is 1. The molecule has 2 saturated heterocycles. The molecular weight excluding hydrogens is 224 g/mol. The lowest BCUT2D eigenvalue weighted by molar-refractivity contribution is -0.143. The SMILES string of the molecule is CN1CC(C(=O)O)CN(CC2CCCO2)C1=O. The average molecular weight is 242 g/mol. The van der Waals surface area contributed by atoms with Crippen molar-refractivity contribution in [3.63, 3.8) is 0 Å². The lowest BCUT2D eigenvalue weighted by atomic mass is 10.1. The summed E-state index contributed by atoms with van der Waals surface area (Å²) in [7, 11) is 1.64. The Morgan fingerprint density at radius 3 is 2.88 bits per heavy atom. The van der Waals surface area contributed by atoms with Crippen molar-refractivity contribution in [3.8, 4) is 0 Å². The first-order chi connectivity index (χ1) is 8.08. The van der Waals surface area contributed by atoms with Crippen molar-refractivity contribution in [1.82, 2.24) is 9.80 Å². The van der Waals surface area contributed by atoms with E-state index in [2.05, 4.69) is 0 Å². The molecule has 0 bridgehead atoms. The zero-order valence-corrected chi connectivity index (χ0v) is 9.96. The van der Waals surface area contributed by atoms with Crippen LogP contribution in [0.1, 0.15) is 12.8 Å². The van der Waals surface area contributed by atoms with Crippen molar-refractivity contribution in [2.45, 2.75) is 18.9 Å². The molecule has 2 amide bonds. The van der Waals surface area contributed by atoms with E-state index in [1.54, 1.807) is 11.9 Å². The smallest absolute Gasteiger partial charge is 0.319 e. The van der Waals surface area contributed by atoms with Crippen molar-refractivity contribution >= 4 is 12.0 Å². The van der Waals surface area contributed by atoms with Gasteiger partial charge in [-0.25, -0.2) is 4.79 Å². The normalized spacial score (nSPS) is 29.8. The van der Waals surface area contributed by atoms with Crippen molar-refractivity contribution < 1.29 is 19.4 Å². The summed E-state index contributed by atoms with van der Waals surface area (Å²) in [4.78, 5) is 25.9. The van der Waals surface area contributed by atoms with Crippen LogP contribution in [0, 0.1) is 5.92 Å². The first-order valence-electron chi connectivity index (χ1n) is 5.92. The monoisotopic (exact) mass is 242 g/mol. The maximum absolute atomic E-state index is 11.9. The number of urea groups is 1. The van der Waals surface area contributed by atoms with Gasteiger partial charge in [-0.05, 0) is 12.8 Å². The Hall–Kier alpha value is -1.30. The van der Waals surface area contributed by atoms with E-state index in [0.29, 0.717) is 13.1 Å². The summed E-state index contributed by atoms with van der Waals surface area (Å²) in [5.74, 6) is -1.35. The van der Waals surface area contributed by atoms with Crippen molar-refractivity contribution in [1.29, 1.82) is 0 Å². The summed E-state index contributed by atoms with van der Waals surface area (Å²) in [5.41, 5.74) is 0. The largest absolute Gasteiger partial charge is 0.481 e. The van der Waals surface area contributed by atoms with Crippen LogP contribution in [-0.4, -0.2) is 66.3 Å². The fourth-order valence-corrected chi connectivity index (χ4v) is 2.39. The topological polar surface area (TPSA) is 70.1 Å². The van der Waals surface area contributed by atoms with Gasteiger partial charge in [0.1, 0.15) is 0 Å². The molecule has 2 aliphatic heterocycles. The fourth-order valence-electron chi connectivity index (χ4n) is 2.39. The quantitative estimate of drug-likeness (QED) is 0.769. The maximum atomic E-state index is 11.9. The van der Waals surface area contributed by atoms with Crippen LogP contribution in [0.25, 0.3) is 0 Å². The summed E-state index contributed by atoms with van der Waals surface area (Å²) in [5, 5.41) is 9.03. The second-order valence-electron chi connectivity index (χ2n) is 4.74. The number of ether oxygens (including phenoxy) is 1. The minimum Gasteiger partial charge on any atom is -0.481 e. The minimum atomic E-state index is -0.846. The van der Waals surface area contributed by atoms with Gasteiger partial charge in [0.15, 0.2) is 0 Å². The van der Waals surface area contributed by atoms with Crippen LogP contribution in [0.3, 0.4) is 0 Å². The van der Waals surface area contributed by atoms with Crippen LogP contribution < -0.4 is 0 Å². The highest BCUT2D eigenvalue weighted by Crippen LogP contribution is 2.18. The number of rotatable bonds is 3. The molecule has 0 aromatic rings. The highest BCUT2D eigenvalue weighted by molar-refractivity contribution is 5.79. The lowest BCUT2D eigenvalue weighted by Gasteiger charge is -2.37. The Kier molecular flexibility index (Phi) is 3.51. The number of amides is 2. The third-order valence-corrected chi connectivity index (χ3v) is 3.33. The molecule has 17 heavy (non-hydrogen) atoms. The summed E-state index contributed by atoms with van der Waals surface area (Å²) in [6.45, 7) is 1.83. The van der Waals surface area contributed by atoms with Crippen LogP contribution >= 0.6 is 0 Å². The molecule has 0 radical (unpaired) electrons. The second-order valence-corrected chi connectivity index (χ2v) is 4.74. The average Bonchev–Trinajstić information content (AvgIpc) is 2.77. The molecule has 2 fully saturated rings. The van der Waals surface area contributed by atoms with Crippen molar-refractivity contribution in [3.05, 3.63) is 0 Å². The Bertz CT molecular complexity index is 315. The van der Waals surface area contributed by atoms with Gasteiger partial charge in [0, 0.05) is 33.3 Å². The van der Waals surface area contributed by atoms with Crippen molar-refractivity contribution in [2.24, 2.45) is 5.92 Å². The Morgan fingerprint density at radius 1 is 1.53 bits per heavy atom. The molecular formula is C11H18N2O4. The summed E-state index contributed by atoms with van der Waals surface area (Å²) in [6.07, 6.45) is 2.04. The highest BCUT2D eigenvalue weighted by atomic mass is 16.5. The molecule has 2 aliphatic rings. The van der Waals surface area contributed by atoms with E-state index in [9.17, 15) is 9.59 Å². The standard InChI is InChI=1S/C11H18N2O4/c1-12-5-8(10(14)15)6-13(11(12)16)7-9-3-2-4-17-9/h8-9H,2-7H2,1H3,(H,14,15). The molecule has 2 rings (SSSR count). The molecule has 2 unspecified atom stereocenters. The lowest BCUT2D eigenvalue weighted by Crippen LogP contribution is -2.55. The first-order valence-corrected chi connectivity index (χ1v) is 5.92. The molecule has 0 aliphatic carbocycles. The molecule has 2 atom stereocenters. The van der Waals surface area contributed by atoms with Crippen LogP contribution in [0.15, 0.2) is 0 Å². The van der Waals surface area contributed by atoms with E-state index < -0.39 is 11.9 Å². The van der Waals surface area contributed by atoms with Gasteiger partial charge in [-0.1, -0.05) is 0 Å². The number of hydrogen-bond donors (Lipinski definition) is 1. The van der Waals surface area contributed by atoms with Crippen LogP contribution in [0.2, 0.25) is 0 Å². The van der Waals surface area contributed by atoms with Gasteiger partial charge in [0.05, 0.1) is 12.0 Å². The zero-order chi connectivity index (χ0) is 12.4. The van der Waals surface area contributed by atoms with Crippen molar-refractivity contribution in [2.75, 3.05) is 33.3 Å². The van der Waals surface area contributed by atoms with Gasteiger partial charge in [0.2, 0.25) is 0 Å². The van der Waals surface area contributed by atoms with Crippen LogP contribution in [0.4, 0.5) is 4.79 Å². The minimum absolute atomic E-state index is 0.0693. The molecule has 6 nitrogen and oxygen atoms in total. The number of carbonyl (C=O) groups excluding carboxylic acids is 1. The maximum Gasteiger partial charge on any atom is 0.319 e. The number of aliphatic carboxylic acids is 1. The summed E-state index contributed by atoms with van der Waals surface area (Å²) >= 11 is 0. The number of hydrogen-bond acceptors (Lipinski definition) is 3. The number of carboxylic acids is 1. The van der Waals surface area contributed by atoms with E-state index in [4.69, 9.17) is 9.84 Å². The van der Waals surface area contributed by atoms with Crippen LogP contribution in [0.5, 0.6) is 0 Å². The molecule has 96 valence electrons. The number of carbonyl (C=O) groups is 2. The van der Waals surface area contributed by atoms with Crippen LogP contribution in [-0.2, 0) is 9.53 Å². The van der Waals surface area contributed by atoms with Gasteiger partial charge in [-0.3, -0.25) is 4.79 Å². The van der Waals surface area contributed by atoms with Gasteiger partial charge in [0.25, 0.3) is 0 Å². The predicted octanol–water partition coefficient (Wildman–Crippen LogP) is 0.234. The molecule has 2 heterocycles. The third-order valence-electron chi connectivity index (χ3n) is 3.33. The third kappa shape index (κ3) is 2.69. The fraction of sp³-hybridized carbons (Fsp3) is 0.818. The van der Waals surface area contributed by atoms with E-state index in [-0.39, 0.29) is 18.7 Å². The van der Waals surface area contributed by atoms with E-state index in [1.165, 1.54) is 4.90 Å². The first kappa shape index (κ1) is 12.2. The van der Waals surface area contributed by atoms with E-state index in [1.807, 2.05) is 0 Å². The number of nitrogens with zero attached hydrogens (tertiary/aromatic N) is 2. The van der Waals surface area contributed by atoms with Gasteiger partial charge >= 0.3 is 12.0 Å². The zero-order valence-electron chi connectivity index (χ0n) is 9.96. The van der Waals surface area contributed by atoms with E-state index >= 15 is 0 Å². The molecule has 0 aromatic heterocycles. The van der Waals surface area contributed by atoms with Gasteiger partial charge < -0.3 is 19.6 Å².